The Labute approximate surface area is 165 Å². The van der Waals surface area contributed by atoms with Crippen molar-refractivity contribution in [3.63, 3.8) is 0 Å². The monoisotopic (exact) mass is 422 g/mol. The van der Waals surface area contributed by atoms with Gasteiger partial charge in [-0.1, -0.05) is 0 Å². The SMILES string of the molecule is COC(=O)C1=CO[C@@H](O[C@@H]2O[C@H](CO)[C@@H](O)[C@H](O)[C@H]2O)[C@H]2[C@@H]1[C@H](O)[C@H](O)[C@]2(C)O. The van der Waals surface area contributed by atoms with Crippen molar-refractivity contribution in [2.24, 2.45) is 11.8 Å². The summed E-state index contributed by atoms with van der Waals surface area (Å²) in [6, 6.07) is 0. The number of aliphatic hydroxyl groups excluding tert-OH is 6. The Morgan fingerprint density at radius 2 is 1.76 bits per heavy atom. The molecule has 2 aliphatic heterocycles. The number of methoxy groups -OCH3 is 1. The van der Waals surface area contributed by atoms with Gasteiger partial charge in [0.25, 0.3) is 0 Å². The summed E-state index contributed by atoms with van der Waals surface area (Å²) in [5, 5.41) is 70.7. The highest BCUT2D eigenvalue weighted by atomic mass is 16.8. The van der Waals surface area contributed by atoms with Crippen molar-refractivity contribution in [2.45, 2.75) is 61.7 Å². The Bertz CT molecular complexity index is 648. The fourth-order valence-corrected chi connectivity index (χ4v) is 4.17. The number of esters is 1. The van der Waals surface area contributed by atoms with Crippen LogP contribution < -0.4 is 0 Å². The van der Waals surface area contributed by atoms with E-state index in [9.17, 15) is 40.5 Å². The first-order valence-corrected chi connectivity index (χ1v) is 9.04. The second-order valence-electron chi connectivity index (χ2n) is 7.62. The molecule has 1 saturated carbocycles. The minimum atomic E-state index is -1.98. The Hall–Kier alpha value is -1.35. The summed E-state index contributed by atoms with van der Waals surface area (Å²) in [6.45, 7) is 0.544. The summed E-state index contributed by atoms with van der Waals surface area (Å²) < 4.78 is 20.8. The number of carbonyl (C=O) groups is 1. The maximum absolute atomic E-state index is 12.0. The van der Waals surface area contributed by atoms with Crippen molar-refractivity contribution in [1.29, 1.82) is 0 Å². The van der Waals surface area contributed by atoms with Crippen molar-refractivity contribution in [1.82, 2.24) is 0 Å². The lowest BCUT2D eigenvalue weighted by Crippen LogP contribution is -2.61. The highest BCUT2D eigenvalue weighted by Gasteiger charge is 2.64. The molecule has 2 fully saturated rings. The lowest BCUT2D eigenvalue weighted by molar-refractivity contribution is -0.347. The molecule has 0 aromatic rings. The fraction of sp³-hybridized carbons (Fsp3) is 0.824. The minimum Gasteiger partial charge on any atom is -0.471 e. The van der Waals surface area contributed by atoms with Crippen LogP contribution in [0.3, 0.4) is 0 Å². The Morgan fingerprint density at radius 1 is 1.10 bits per heavy atom. The molecule has 0 bridgehead atoms. The molecule has 12 heteroatoms. The average Bonchev–Trinajstić information content (AvgIpc) is 2.88. The lowest BCUT2D eigenvalue weighted by Gasteiger charge is -2.44. The molecule has 0 unspecified atom stereocenters. The number of hydrogen-bond acceptors (Lipinski definition) is 12. The van der Waals surface area contributed by atoms with E-state index in [1.807, 2.05) is 0 Å². The van der Waals surface area contributed by atoms with Gasteiger partial charge in [0.2, 0.25) is 6.29 Å². The molecule has 2 heterocycles. The summed E-state index contributed by atoms with van der Waals surface area (Å²) in [5.41, 5.74) is -2.10. The highest BCUT2D eigenvalue weighted by molar-refractivity contribution is 5.89. The van der Waals surface area contributed by atoms with E-state index < -0.39 is 79.2 Å². The molecule has 1 aliphatic carbocycles. The Morgan fingerprint density at radius 3 is 2.34 bits per heavy atom. The molecule has 3 aliphatic rings. The van der Waals surface area contributed by atoms with Crippen LogP contribution in [0.25, 0.3) is 0 Å². The number of carbonyl (C=O) groups excluding carboxylic acids is 1. The maximum atomic E-state index is 12.0. The second-order valence-corrected chi connectivity index (χ2v) is 7.62. The van der Waals surface area contributed by atoms with Crippen LogP contribution in [0.4, 0.5) is 0 Å². The smallest absolute Gasteiger partial charge is 0.337 e. The average molecular weight is 422 g/mol. The zero-order chi connectivity index (χ0) is 21.7. The minimum absolute atomic E-state index is 0.129. The van der Waals surface area contributed by atoms with E-state index in [0.717, 1.165) is 13.4 Å². The first-order chi connectivity index (χ1) is 13.6. The van der Waals surface area contributed by atoms with Gasteiger partial charge in [0, 0.05) is 5.92 Å². The van der Waals surface area contributed by atoms with Crippen LogP contribution in [0.15, 0.2) is 11.8 Å². The van der Waals surface area contributed by atoms with E-state index in [1.54, 1.807) is 0 Å². The van der Waals surface area contributed by atoms with Gasteiger partial charge in [0.05, 0.1) is 43.2 Å². The molecule has 0 radical (unpaired) electrons. The van der Waals surface area contributed by atoms with Crippen LogP contribution >= 0.6 is 0 Å². The van der Waals surface area contributed by atoms with Gasteiger partial charge < -0.3 is 54.7 Å². The number of hydrogen-bond donors (Lipinski definition) is 7. The van der Waals surface area contributed by atoms with Gasteiger partial charge in [-0.15, -0.1) is 0 Å². The summed E-state index contributed by atoms with van der Waals surface area (Å²) in [4.78, 5) is 12.0. The van der Waals surface area contributed by atoms with Crippen LogP contribution in [0, 0.1) is 11.8 Å². The van der Waals surface area contributed by atoms with Gasteiger partial charge in [-0.3, -0.25) is 0 Å². The second kappa shape index (κ2) is 8.06. The van der Waals surface area contributed by atoms with E-state index in [4.69, 9.17) is 14.2 Å². The number of ether oxygens (including phenoxy) is 4. The predicted molar refractivity (Wildman–Crippen MR) is 89.4 cm³/mol. The van der Waals surface area contributed by atoms with E-state index >= 15 is 0 Å². The molecule has 3 rings (SSSR count). The zero-order valence-corrected chi connectivity index (χ0v) is 15.7. The zero-order valence-electron chi connectivity index (χ0n) is 15.7. The largest absolute Gasteiger partial charge is 0.471 e. The molecule has 7 N–H and O–H groups in total. The van der Waals surface area contributed by atoms with E-state index in [2.05, 4.69) is 4.74 Å². The van der Waals surface area contributed by atoms with Gasteiger partial charge in [-0.05, 0) is 6.92 Å². The van der Waals surface area contributed by atoms with Gasteiger partial charge in [0.15, 0.2) is 6.29 Å². The number of aliphatic hydroxyl groups is 7. The molecule has 11 atom stereocenters. The van der Waals surface area contributed by atoms with E-state index in [-0.39, 0.29) is 5.57 Å². The quantitative estimate of drug-likeness (QED) is 0.217. The van der Waals surface area contributed by atoms with Crippen molar-refractivity contribution in [3.05, 3.63) is 11.8 Å². The van der Waals surface area contributed by atoms with Gasteiger partial charge >= 0.3 is 5.97 Å². The van der Waals surface area contributed by atoms with Crippen LogP contribution in [-0.2, 0) is 23.7 Å². The third-order valence-corrected chi connectivity index (χ3v) is 5.87. The molecule has 29 heavy (non-hydrogen) atoms. The molecule has 0 aromatic carbocycles. The molecule has 166 valence electrons. The van der Waals surface area contributed by atoms with E-state index in [1.165, 1.54) is 6.92 Å². The predicted octanol–water partition coefficient (Wildman–Crippen LogP) is -4.07. The highest BCUT2D eigenvalue weighted by Crippen LogP contribution is 2.49. The Kier molecular flexibility index (Phi) is 6.21. The molecule has 12 nitrogen and oxygen atoms in total. The molecular formula is C17H26O12. The van der Waals surface area contributed by atoms with Crippen molar-refractivity contribution >= 4 is 5.97 Å². The van der Waals surface area contributed by atoms with Gasteiger partial charge in [-0.25, -0.2) is 4.79 Å². The standard InChI is InChI=1S/C17H26O12/c1-17(25)8-7(10(20)13(17)23)5(14(24)26-2)4-27-15(8)29-16-12(22)11(21)9(19)6(3-18)28-16/h4,6-13,15-16,18-23,25H,3H2,1-2H3/t6-,7-,8-,9-,10+,11+,12-,13+,15+,16+,17-/m1/s1. The summed E-state index contributed by atoms with van der Waals surface area (Å²) >= 11 is 0. The number of fused-ring (bicyclic) bond motifs is 1. The van der Waals surface area contributed by atoms with Crippen molar-refractivity contribution in [2.75, 3.05) is 13.7 Å². The number of rotatable bonds is 4. The van der Waals surface area contributed by atoms with Crippen LogP contribution in [0.2, 0.25) is 0 Å². The third-order valence-electron chi connectivity index (χ3n) is 5.87. The summed E-state index contributed by atoms with van der Waals surface area (Å²) in [7, 11) is 1.12. The van der Waals surface area contributed by atoms with Crippen LogP contribution in [0.5, 0.6) is 0 Å². The summed E-state index contributed by atoms with van der Waals surface area (Å²) in [5.74, 6) is -3.16. The molecule has 0 spiro atoms. The third kappa shape index (κ3) is 3.54. The lowest BCUT2D eigenvalue weighted by atomic mass is 9.80. The maximum Gasteiger partial charge on any atom is 0.337 e. The Balaban J connectivity index is 1.90. The van der Waals surface area contributed by atoms with E-state index in [0.29, 0.717) is 0 Å². The summed E-state index contributed by atoms with van der Waals surface area (Å²) in [6.07, 6.45) is -11.5. The molecule has 0 amide bonds. The first kappa shape index (κ1) is 22.3. The van der Waals surface area contributed by atoms with Crippen LogP contribution in [0.1, 0.15) is 6.92 Å². The molecular weight excluding hydrogens is 396 g/mol. The first-order valence-electron chi connectivity index (χ1n) is 9.04. The topological polar surface area (TPSA) is 196 Å². The van der Waals surface area contributed by atoms with Gasteiger partial charge in [0.1, 0.15) is 30.5 Å². The fourth-order valence-electron chi connectivity index (χ4n) is 4.17. The normalized spacial score (nSPS) is 49.8. The molecule has 0 aromatic heterocycles. The molecule has 1 saturated heterocycles. The van der Waals surface area contributed by atoms with Crippen molar-refractivity contribution < 1.29 is 59.5 Å². The van der Waals surface area contributed by atoms with Crippen molar-refractivity contribution in [3.8, 4) is 0 Å². The van der Waals surface area contributed by atoms with Gasteiger partial charge in [-0.2, -0.15) is 0 Å². The van der Waals surface area contributed by atoms with Crippen LogP contribution in [-0.4, -0.2) is 110 Å².